The second-order valence-electron chi connectivity index (χ2n) is 4.59. The number of nitrogens with one attached hydrogen (secondary N) is 1. The van der Waals surface area contributed by atoms with Crippen LogP contribution in [0, 0.1) is 0 Å². The summed E-state index contributed by atoms with van der Waals surface area (Å²) in [6.45, 7) is 6.94. The van der Waals surface area contributed by atoms with Gasteiger partial charge in [0.15, 0.2) is 16.6 Å². The van der Waals surface area contributed by atoms with Crippen molar-refractivity contribution in [2.24, 2.45) is 0 Å². The SMILES string of the molecule is CC(C)Oc1c(N)nsc1NCC(C)N(C)C. The van der Waals surface area contributed by atoms with Gasteiger partial charge < -0.3 is 20.7 Å². The van der Waals surface area contributed by atoms with E-state index in [0.717, 1.165) is 11.5 Å². The molecule has 1 heterocycles. The first kappa shape index (κ1) is 14.1. The van der Waals surface area contributed by atoms with Crippen molar-refractivity contribution in [2.45, 2.75) is 32.9 Å². The van der Waals surface area contributed by atoms with E-state index >= 15 is 0 Å². The summed E-state index contributed by atoms with van der Waals surface area (Å²) in [5, 5.41) is 4.24. The van der Waals surface area contributed by atoms with E-state index in [1.54, 1.807) is 0 Å². The Morgan fingerprint density at radius 1 is 1.41 bits per heavy atom. The first-order chi connectivity index (χ1) is 7.91. The zero-order chi connectivity index (χ0) is 13.0. The summed E-state index contributed by atoms with van der Waals surface area (Å²) in [5.74, 6) is 1.14. The van der Waals surface area contributed by atoms with Crippen LogP contribution in [0.5, 0.6) is 5.75 Å². The van der Waals surface area contributed by atoms with Crippen molar-refractivity contribution in [3.63, 3.8) is 0 Å². The summed E-state index contributed by atoms with van der Waals surface area (Å²) in [6, 6.07) is 0.435. The number of nitrogen functional groups attached to an aromatic ring is 1. The van der Waals surface area contributed by atoms with E-state index in [9.17, 15) is 0 Å². The fourth-order valence-electron chi connectivity index (χ4n) is 1.18. The van der Waals surface area contributed by atoms with E-state index in [0.29, 0.717) is 17.6 Å². The lowest BCUT2D eigenvalue weighted by atomic mass is 10.3. The van der Waals surface area contributed by atoms with Gasteiger partial charge in [-0.2, -0.15) is 4.37 Å². The van der Waals surface area contributed by atoms with Crippen LogP contribution in [0.1, 0.15) is 20.8 Å². The lowest BCUT2D eigenvalue weighted by Gasteiger charge is -2.20. The van der Waals surface area contributed by atoms with Crippen molar-refractivity contribution in [3.05, 3.63) is 0 Å². The van der Waals surface area contributed by atoms with Crippen molar-refractivity contribution in [1.29, 1.82) is 0 Å². The van der Waals surface area contributed by atoms with E-state index in [1.165, 1.54) is 11.5 Å². The van der Waals surface area contributed by atoms with Gasteiger partial charge in [-0.1, -0.05) is 0 Å². The molecule has 0 fully saturated rings. The van der Waals surface area contributed by atoms with E-state index in [4.69, 9.17) is 10.5 Å². The Morgan fingerprint density at radius 3 is 2.59 bits per heavy atom. The zero-order valence-corrected chi connectivity index (χ0v) is 12.0. The number of nitrogens with two attached hydrogens (primary N) is 1. The molecule has 0 aliphatic carbocycles. The van der Waals surface area contributed by atoms with Crippen molar-refractivity contribution in [2.75, 3.05) is 31.7 Å². The molecule has 0 radical (unpaired) electrons. The minimum absolute atomic E-state index is 0.0977. The van der Waals surface area contributed by atoms with Gasteiger partial charge in [0.25, 0.3) is 0 Å². The molecule has 6 heteroatoms. The standard InChI is InChI=1S/C11H22N4OS/c1-7(2)16-9-10(12)14-17-11(9)13-6-8(3)15(4)5/h7-8,13H,6H2,1-5H3,(H2,12,14). The van der Waals surface area contributed by atoms with Gasteiger partial charge in [0.05, 0.1) is 6.10 Å². The van der Waals surface area contributed by atoms with Gasteiger partial charge in [-0.05, 0) is 46.4 Å². The second-order valence-corrected chi connectivity index (χ2v) is 5.36. The molecular formula is C11H22N4OS. The fraction of sp³-hybridized carbons (Fsp3) is 0.727. The molecule has 0 amide bonds. The smallest absolute Gasteiger partial charge is 0.197 e. The summed E-state index contributed by atoms with van der Waals surface area (Å²) in [5.41, 5.74) is 5.78. The predicted molar refractivity (Wildman–Crippen MR) is 73.9 cm³/mol. The lowest BCUT2D eigenvalue weighted by molar-refractivity contribution is 0.245. The van der Waals surface area contributed by atoms with Gasteiger partial charge in [-0.3, -0.25) is 0 Å². The minimum Gasteiger partial charge on any atom is -0.484 e. The van der Waals surface area contributed by atoms with E-state index in [-0.39, 0.29) is 6.10 Å². The van der Waals surface area contributed by atoms with Crippen LogP contribution in [0.4, 0.5) is 10.8 Å². The molecule has 0 aliphatic rings. The Kier molecular flexibility index (Phi) is 5.02. The topological polar surface area (TPSA) is 63.4 Å². The number of hydrogen-bond acceptors (Lipinski definition) is 6. The third kappa shape index (κ3) is 4.05. The van der Waals surface area contributed by atoms with Gasteiger partial charge in [0.1, 0.15) is 0 Å². The number of aromatic nitrogens is 1. The fourth-order valence-corrected chi connectivity index (χ4v) is 1.84. The molecule has 17 heavy (non-hydrogen) atoms. The molecule has 0 saturated heterocycles. The molecule has 0 spiro atoms. The van der Waals surface area contributed by atoms with E-state index < -0.39 is 0 Å². The zero-order valence-electron chi connectivity index (χ0n) is 11.2. The summed E-state index contributed by atoms with van der Waals surface area (Å²) >= 11 is 1.34. The second kappa shape index (κ2) is 6.07. The third-order valence-electron chi connectivity index (χ3n) is 2.47. The normalized spacial score (nSPS) is 13.1. The molecule has 0 aromatic carbocycles. The number of anilines is 2. The molecule has 0 saturated carbocycles. The average Bonchev–Trinajstić information content (AvgIpc) is 2.56. The molecule has 1 rings (SSSR count). The molecule has 1 unspecified atom stereocenters. The van der Waals surface area contributed by atoms with E-state index in [1.807, 2.05) is 13.8 Å². The van der Waals surface area contributed by atoms with Gasteiger partial charge in [0, 0.05) is 12.6 Å². The van der Waals surface area contributed by atoms with Crippen LogP contribution in [0.25, 0.3) is 0 Å². The minimum atomic E-state index is 0.0977. The van der Waals surface area contributed by atoms with Crippen LogP contribution in [-0.2, 0) is 0 Å². The number of hydrogen-bond donors (Lipinski definition) is 2. The van der Waals surface area contributed by atoms with E-state index in [2.05, 4.69) is 35.6 Å². The van der Waals surface area contributed by atoms with Crippen molar-refractivity contribution >= 4 is 22.4 Å². The van der Waals surface area contributed by atoms with Crippen molar-refractivity contribution in [1.82, 2.24) is 9.27 Å². The molecule has 98 valence electrons. The number of rotatable bonds is 6. The van der Waals surface area contributed by atoms with Crippen molar-refractivity contribution < 1.29 is 4.74 Å². The summed E-state index contributed by atoms with van der Waals surface area (Å²) in [4.78, 5) is 2.15. The Labute approximate surface area is 107 Å². The highest BCUT2D eigenvalue weighted by atomic mass is 32.1. The molecule has 1 atom stereocenters. The monoisotopic (exact) mass is 258 g/mol. The molecule has 1 aromatic rings. The maximum Gasteiger partial charge on any atom is 0.197 e. The number of ether oxygens (including phenoxy) is 1. The first-order valence-corrected chi connectivity index (χ1v) is 6.51. The summed E-state index contributed by atoms with van der Waals surface area (Å²) in [7, 11) is 4.11. The van der Waals surface area contributed by atoms with Crippen LogP contribution >= 0.6 is 11.5 Å². The molecule has 0 aliphatic heterocycles. The maximum absolute atomic E-state index is 5.78. The molecule has 1 aromatic heterocycles. The number of nitrogens with zero attached hydrogens (tertiary/aromatic N) is 2. The van der Waals surface area contributed by atoms with Crippen LogP contribution < -0.4 is 15.8 Å². The number of likely N-dealkylation sites (N-methyl/N-ethyl adjacent to an activating group) is 1. The van der Waals surface area contributed by atoms with Gasteiger partial charge in [0.2, 0.25) is 0 Å². The van der Waals surface area contributed by atoms with Crippen LogP contribution in [0.3, 0.4) is 0 Å². The molecule has 3 N–H and O–H groups in total. The van der Waals surface area contributed by atoms with Gasteiger partial charge in [-0.15, -0.1) is 0 Å². The lowest BCUT2D eigenvalue weighted by Crippen LogP contribution is -2.31. The predicted octanol–water partition coefficient (Wildman–Crippen LogP) is 1.87. The summed E-state index contributed by atoms with van der Waals surface area (Å²) < 4.78 is 9.77. The molecular weight excluding hydrogens is 236 g/mol. The molecule has 5 nitrogen and oxygen atoms in total. The highest BCUT2D eigenvalue weighted by molar-refractivity contribution is 7.11. The van der Waals surface area contributed by atoms with Gasteiger partial charge >= 0.3 is 0 Å². The highest BCUT2D eigenvalue weighted by Gasteiger charge is 2.15. The van der Waals surface area contributed by atoms with Crippen molar-refractivity contribution in [3.8, 4) is 5.75 Å². The first-order valence-electron chi connectivity index (χ1n) is 5.74. The van der Waals surface area contributed by atoms with Gasteiger partial charge in [-0.25, -0.2) is 0 Å². The van der Waals surface area contributed by atoms with Crippen LogP contribution in [0.2, 0.25) is 0 Å². The quantitative estimate of drug-likeness (QED) is 0.815. The average molecular weight is 258 g/mol. The largest absolute Gasteiger partial charge is 0.484 e. The van der Waals surface area contributed by atoms with Crippen LogP contribution in [0.15, 0.2) is 0 Å². The Hall–Kier alpha value is -1.01. The Morgan fingerprint density at radius 2 is 2.06 bits per heavy atom. The maximum atomic E-state index is 5.78. The Balaban J connectivity index is 2.64. The Bertz CT molecular complexity index is 351. The highest BCUT2D eigenvalue weighted by Crippen LogP contribution is 2.35. The third-order valence-corrected chi connectivity index (χ3v) is 3.27. The summed E-state index contributed by atoms with van der Waals surface area (Å²) in [6.07, 6.45) is 0.0977. The van der Waals surface area contributed by atoms with Crippen LogP contribution in [-0.4, -0.2) is 42.1 Å². The molecule has 0 bridgehead atoms.